The lowest BCUT2D eigenvalue weighted by molar-refractivity contribution is -0.151. The molecule has 4 nitrogen and oxygen atoms in total. The van der Waals surface area contributed by atoms with Crippen molar-refractivity contribution in [3.05, 3.63) is 23.8 Å². The predicted molar refractivity (Wildman–Crippen MR) is 81.5 cm³/mol. The average molecular weight is 294 g/mol. The molecule has 0 aromatic rings. The molecule has 0 aromatic heterocycles. The molecule has 0 bridgehead atoms. The van der Waals surface area contributed by atoms with Crippen molar-refractivity contribution in [1.82, 2.24) is 0 Å². The molecule has 0 saturated carbocycles. The zero-order valence-corrected chi connectivity index (χ0v) is 13.4. The van der Waals surface area contributed by atoms with Crippen LogP contribution in [0, 0.1) is 17.8 Å². The minimum atomic E-state index is -0.529. The highest BCUT2D eigenvalue weighted by Gasteiger charge is 2.30. The van der Waals surface area contributed by atoms with E-state index in [-0.39, 0.29) is 17.8 Å². The highest BCUT2D eigenvalue weighted by atomic mass is 16.5. The Hall–Kier alpha value is -1.58. The van der Waals surface area contributed by atoms with Crippen molar-refractivity contribution in [2.45, 2.75) is 40.5 Å². The average Bonchev–Trinajstić information content (AvgIpc) is 2.67. The Balaban J connectivity index is 2.74. The van der Waals surface area contributed by atoms with Gasteiger partial charge in [-0.15, -0.1) is 0 Å². The van der Waals surface area contributed by atoms with E-state index in [1.165, 1.54) is 0 Å². The van der Waals surface area contributed by atoms with Crippen LogP contribution in [0.15, 0.2) is 23.8 Å². The third-order valence-electron chi connectivity index (χ3n) is 3.04. The number of allylic oxidation sites excluding steroid dienone is 3. The fraction of sp³-hybridized carbons (Fsp3) is 0.647. The summed E-state index contributed by atoms with van der Waals surface area (Å²) < 4.78 is 10.5. The van der Waals surface area contributed by atoms with Crippen LogP contribution in [-0.2, 0) is 19.1 Å². The van der Waals surface area contributed by atoms with Crippen molar-refractivity contribution in [3.63, 3.8) is 0 Å². The number of ether oxygens (including phenoxy) is 2. The molecule has 0 heterocycles. The Morgan fingerprint density at radius 2 is 1.76 bits per heavy atom. The summed E-state index contributed by atoms with van der Waals surface area (Å²) in [5, 5.41) is 0. The van der Waals surface area contributed by atoms with Crippen LogP contribution in [0.4, 0.5) is 0 Å². The van der Waals surface area contributed by atoms with Gasteiger partial charge in [-0.1, -0.05) is 45.9 Å². The molecule has 0 N–H and O–H groups in total. The number of hydrogen-bond acceptors (Lipinski definition) is 4. The minimum Gasteiger partial charge on any atom is -0.465 e. The zero-order chi connectivity index (χ0) is 15.8. The van der Waals surface area contributed by atoms with E-state index in [0.29, 0.717) is 25.2 Å². The van der Waals surface area contributed by atoms with E-state index < -0.39 is 11.9 Å². The van der Waals surface area contributed by atoms with Crippen molar-refractivity contribution < 1.29 is 19.1 Å². The van der Waals surface area contributed by atoms with E-state index in [0.717, 1.165) is 6.42 Å². The van der Waals surface area contributed by atoms with Crippen LogP contribution >= 0.6 is 0 Å². The molecule has 0 spiro atoms. The number of carbonyl (C=O) groups is 2. The molecular weight excluding hydrogens is 268 g/mol. The van der Waals surface area contributed by atoms with E-state index in [1.54, 1.807) is 6.08 Å². The topological polar surface area (TPSA) is 52.6 Å². The normalized spacial score (nSPS) is 18.4. The molecule has 0 saturated heterocycles. The number of rotatable bonds is 6. The molecule has 0 radical (unpaired) electrons. The second-order valence-corrected chi connectivity index (χ2v) is 6.20. The third kappa shape index (κ3) is 6.15. The molecule has 4 heteroatoms. The number of carbonyl (C=O) groups excluding carboxylic acids is 2. The SMILES string of the molecule is CC(C)COC(=O)C1=CC=CCCC1C(=O)OCC(C)C. The van der Waals surface area contributed by atoms with Gasteiger partial charge in [-0.3, -0.25) is 4.79 Å². The molecule has 0 fully saturated rings. The van der Waals surface area contributed by atoms with Gasteiger partial charge in [-0.2, -0.15) is 0 Å². The van der Waals surface area contributed by atoms with Crippen molar-refractivity contribution >= 4 is 11.9 Å². The lowest BCUT2D eigenvalue weighted by Crippen LogP contribution is -2.26. The van der Waals surface area contributed by atoms with Crippen LogP contribution in [0.25, 0.3) is 0 Å². The molecule has 0 aliphatic heterocycles. The molecule has 1 rings (SSSR count). The van der Waals surface area contributed by atoms with Gasteiger partial charge in [0.25, 0.3) is 0 Å². The van der Waals surface area contributed by atoms with Gasteiger partial charge in [0, 0.05) is 0 Å². The summed E-state index contributed by atoms with van der Waals surface area (Å²) >= 11 is 0. The van der Waals surface area contributed by atoms with E-state index in [2.05, 4.69) is 0 Å². The van der Waals surface area contributed by atoms with E-state index >= 15 is 0 Å². The Morgan fingerprint density at radius 1 is 1.14 bits per heavy atom. The first kappa shape index (κ1) is 17.5. The summed E-state index contributed by atoms with van der Waals surface area (Å²) in [4.78, 5) is 24.4. The summed E-state index contributed by atoms with van der Waals surface area (Å²) in [6.45, 7) is 8.64. The molecule has 1 atom stereocenters. The van der Waals surface area contributed by atoms with Crippen LogP contribution in [0.5, 0.6) is 0 Å². The summed E-state index contributed by atoms with van der Waals surface area (Å²) in [6.07, 6.45) is 6.76. The maximum atomic E-state index is 12.2. The van der Waals surface area contributed by atoms with Crippen molar-refractivity contribution in [2.75, 3.05) is 13.2 Å². The van der Waals surface area contributed by atoms with Crippen molar-refractivity contribution in [2.24, 2.45) is 17.8 Å². The maximum Gasteiger partial charge on any atom is 0.334 e. The molecule has 118 valence electrons. The maximum absolute atomic E-state index is 12.2. The first-order valence-corrected chi connectivity index (χ1v) is 7.62. The summed E-state index contributed by atoms with van der Waals surface area (Å²) in [6, 6.07) is 0. The second kappa shape index (κ2) is 8.65. The van der Waals surface area contributed by atoms with Crippen LogP contribution in [0.1, 0.15) is 40.5 Å². The van der Waals surface area contributed by atoms with Gasteiger partial charge in [0.2, 0.25) is 0 Å². The van der Waals surface area contributed by atoms with Gasteiger partial charge >= 0.3 is 11.9 Å². The monoisotopic (exact) mass is 294 g/mol. The van der Waals surface area contributed by atoms with E-state index in [1.807, 2.05) is 39.8 Å². The number of esters is 2. The molecule has 0 aromatic carbocycles. The molecule has 1 unspecified atom stereocenters. The zero-order valence-electron chi connectivity index (χ0n) is 13.4. The standard InChI is InChI=1S/C17H26O4/c1-12(2)10-20-16(18)14-8-6-5-7-9-15(14)17(19)21-11-13(3)4/h5-6,8,12-13,15H,7,9-11H2,1-4H3. The molecule has 1 aliphatic rings. The van der Waals surface area contributed by atoms with Gasteiger partial charge in [-0.25, -0.2) is 4.79 Å². The van der Waals surface area contributed by atoms with Gasteiger partial charge in [0.1, 0.15) is 0 Å². The van der Waals surface area contributed by atoms with Crippen LogP contribution in [-0.4, -0.2) is 25.2 Å². The molecule has 1 aliphatic carbocycles. The first-order valence-electron chi connectivity index (χ1n) is 7.62. The lowest BCUT2D eigenvalue weighted by Gasteiger charge is -2.18. The lowest BCUT2D eigenvalue weighted by atomic mass is 9.95. The molecule has 0 amide bonds. The van der Waals surface area contributed by atoms with Gasteiger partial charge in [-0.05, 0) is 24.7 Å². The highest BCUT2D eigenvalue weighted by molar-refractivity contribution is 5.96. The Bertz CT molecular complexity index is 419. The largest absolute Gasteiger partial charge is 0.465 e. The Morgan fingerprint density at radius 3 is 2.38 bits per heavy atom. The third-order valence-corrected chi connectivity index (χ3v) is 3.04. The number of hydrogen-bond donors (Lipinski definition) is 0. The van der Waals surface area contributed by atoms with Gasteiger partial charge < -0.3 is 9.47 Å². The minimum absolute atomic E-state index is 0.266. The van der Waals surface area contributed by atoms with Gasteiger partial charge in [0.15, 0.2) is 0 Å². The molecular formula is C17H26O4. The fourth-order valence-corrected chi connectivity index (χ4v) is 1.93. The van der Waals surface area contributed by atoms with E-state index in [4.69, 9.17) is 9.47 Å². The van der Waals surface area contributed by atoms with Crippen LogP contribution in [0.2, 0.25) is 0 Å². The van der Waals surface area contributed by atoms with E-state index in [9.17, 15) is 9.59 Å². The summed E-state index contributed by atoms with van der Waals surface area (Å²) in [5.41, 5.74) is 0.401. The van der Waals surface area contributed by atoms with Crippen molar-refractivity contribution in [1.29, 1.82) is 0 Å². The Labute approximate surface area is 127 Å². The Kier molecular flexibility index (Phi) is 7.20. The smallest absolute Gasteiger partial charge is 0.334 e. The van der Waals surface area contributed by atoms with Gasteiger partial charge in [0.05, 0.1) is 24.7 Å². The van der Waals surface area contributed by atoms with Crippen molar-refractivity contribution in [3.8, 4) is 0 Å². The highest BCUT2D eigenvalue weighted by Crippen LogP contribution is 2.24. The quantitative estimate of drug-likeness (QED) is 0.705. The molecule has 21 heavy (non-hydrogen) atoms. The summed E-state index contributed by atoms with van der Waals surface area (Å²) in [7, 11) is 0. The first-order chi connectivity index (χ1) is 9.91. The summed E-state index contributed by atoms with van der Waals surface area (Å²) in [5.74, 6) is -0.735. The fourth-order valence-electron chi connectivity index (χ4n) is 1.93. The second-order valence-electron chi connectivity index (χ2n) is 6.20. The van der Waals surface area contributed by atoms with Crippen LogP contribution < -0.4 is 0 Å². The predicted octanol–water partition coefficient (Wildman–Crippen LogP) is 3.28. The van der Waals surface area contributed by atoms with Crippen LogP contribution in [0.3, 0.4) is 0 Å².